The second-order valence-electron chi connectivity index (χ2n) is 8.04. The van der Waals surface area contributed by atoms with Crippen LogP contribution in [0.2, 0.25) is 0 Å². The second-order valence-corrected chi connectivity index (χ2v) is 8.96. The molecule has 0 radical (unpaired) electrons. The minimum Gasteiger partial charge on any atom is -0.466 e. The fraction of sp³-hybridized carbons (Fsp3) is 0.333. The lowest BCUT2D eigenvalue weighted by Gasteiger charge is -2.30. The van der Waals surface area contributed by atoms with E-state index < -0.39 is 29.9 Å². The van der Waals surface area contributed by atoms with Gasteiger partial charge in [-0.15, -0.1) is 0 Å². The molecule has 3 atom stereocenters. The number of rotatable bonds is 6. The SMILES string of the molecule is CCOC(=O)C[C@H]1CC2=CN(C(=O)OCc3ccccc3)c3ccc(Br)cc3[C@H]2[C@H]1[N+](=O)[O-]. The van der Waals surface area contributed by atoms with Crippen molar-refractivity contribution in [1.82, 2.24) is 0 Å². The van der Waals surface area contributed by atoms with E-state index in [0.29, 0.717) is 17.7 Å². The molecule has 0 aromatic heterocycles. The molecule has 2 aromatic carbocycles. The maximum atomic E-state index is 13.0. The van der Waals surface area contributed by atoms with Gasteiger partial charge in [0.2, 0.25) is 6.04 Å². The average Bonchev–Trinajstić information content (AvgIpc) is 3.16. The van der Waals surface area contributed by atoms with E-state index >= 15 is 0 Å². The highest BCUT2D eigenvalue weighted by Crippen LogP contribution is 2.51. The van der Waals surface area contributed by atoms with E-state index in [9.17, 15) is 19.7 Å². The van der Waals surface area contributed by atoms with E-state index in [-0.39, 0.29) is 24.6 Å². The fourth-order valence-corrected chi connectivity index (χ4v) is 5.03. The Balaban J connectivity index is 1.66. The lowest BCUT2D eigenvalue weighted by Crippen LogP contribution is -2.35. The maximum absolute atomic E-state index is 13.0. The zero-order valence-electron chi connectivity index (χ0n) is 18.0. The number of nitrogens with zero attached hydrogens (tertiary/aromatic N) is 2. The molecule has 0 unspecified atom stereocenters. The molecule has 1 amide bonds. The monoisotopic (exact) mass is 514 g/mol. The van der Waals surface area contributed by atoms with E-state index in [2.05, 4.69) is 15.9 Å². The zero-order chi connectivity index (χ0) is 23.5. The Morgan fingerprint density at radius 3 is 2.64 bits per heavy atom. The molecular weight excluding hydrogens is 492 g/mol. The quantitative estimate of drug-likeness (QED) is 0.298. The molecule has 0 spiro atoms. The molecule has 1 aliphatic carbocycles. The molecule has 0 saturated heterocycles. The normalized spacial score (nSPS) is 21.0. The number of carbonyl (C=O) groups is 2. The maximum Gasteiger partial charge on any atom is 0.418 e. The number of anilines is 1. The molecule has 1 fully saturated rings. The number of esters is 1. The number of halogens is 1. The van der Waals surface area contributed by atoms with Crippen molar-refractivity contribution in [1.29, 1.82) is 0 Å². The summed E-state index contributed by atoms with van der Waals surface area (Å²) in [7, 11) is 0. The van der Waals surface area contributed by atoms with Gasteiger partial charge in [0.05, 0.1) is 24.6 Å². The van der Waals surface area contributed by atoms with Crippen LogP contribution < -0.4 is 4.90 Å². The number of hydrogen-bond donors (Lipinski definition) is 0. The van der Waals surface area contributed by atoms with E-state index in [0.717, 1.165) is 15.6 Å². The van der Waals surface area contributed by atoms with Crippen LogP contribution in [0.15, 0.2) is 64.8 Å². The number of hydrogen-bond acceptors (Lipinski definition) is 6. The van der Waals surface area contributed by atoms with Crippen LogP contribution in [0.25, 0.3) is 0 Å². The smallest absolute Gasteiger partial charge is 0.418 e. The zero-order valence-corrected chi connectivity index (χ0v) is 19.6. The summed E-state index contributed by atoms with van der Waals surface area (Å²) in [5.41, 5.74) is 2.78. The molecule has 172 valence electrons. The Hall–Kier alpha value is -3.20. The predicted molar refractivity (Wildman–Crippen MR) is 124 cm³/mol. The number of carbonyl (C=O) groups excluding carboxylic acids is 2. The fourth-order valence-electron chi connectivity index (χ4n) is 4.65. The first-order valence-corrected chi connectivity index (χ1v) is 11.5. The van der Waals surface area contributed by atoms with Gasteiger partial charge in [-0.1, -0.05) is 46.3 Å². The van der Waals surface area contributed by atoms with Crippen molar-refractivity contribution in [2.24, 2.45) is 5.92 Å². The molecule has 1 aliphatic heterocycles. The molecular formula is C24H23BrN2O6. The third-order valence-corrected chi connectivity index (χ3v) is 6.47. The van der Waals surface area contributed by atoms with Gasteiger partial charge < -0.3 is 9.47 Å². The van der Waals surface area contributed by atoms with Crippen LogP contribution >= 0.6 is 15.9 Å². The number of nitro groups is 1. The predicted octanol–water partition coefficient (Wildman–Crippen LogP) is 5.19. The van der Waals surface area contributed by atoms with Crippen molar-refractivity contribution in [3.63, 3.8) is 0 Å². The van der Waals surface area contributed by atoms with Crippen LogP contribution in [0.1, 0.15) is 36.8 Å². The van der Waals surface area contributed by atoms with Gasteiger partial charge in [0.15, 0.2) is 0 Å². The van der Waals surface area contributed by atoms with Crippen molar-refractivity contribution in [2.45, 2.75) is 38.3 Å². The minimum atomic E-state index is -0.990. The molecule has 0 N–H and O–H groups in total. The molecule has 1 heterocycles. The van der Waals surface area contributed by atoms with Crippen molar-refractivity contribution < 1.29 is 24.0 Å². The summed E-state index contributed by atoms with van der Waals surface area (Å²) in [6.45, 7) is 2.03. The van der Waals surface area contributed by atoms with Gasteiger partial charge in [-0.2, -0.15) is 0 Å². The molecule has 9 heteroatoms. The molecule has 8 nitrogen and oxygen atoms in total. The summed E-state index contributed by atoms with van der Waals surface area (Å²) in [5.74, 6) is -1.52. The summed E-state index contributed by atoms with van der Waals surface area (Å²) >= 11 is 3.44. The van der Waals surface area contributed by atoms with Crippen LogP contribution in [0.5, 0.6) is 0 Å². The first kappa shape index (κ1) is 23.0. The third kappa shape index (κ3) is 4.78. The minimum absolute atomic E-state index is 0.0465. The van der Waals surface area contributed by atoms with Gasteiger partial charge in [0, 0.05) is 21.5 Å². The molecule has 2 aromatic rings. The van der Waals surface area contributed by atoms with E-state index in [1.807, 2.05) is 30.3 Å². The van der Waals surface area contributed by atoms with E-state index in [1.54, 1.807) is 31.3 Å². The standard InChI is InChI=1S/C24H23BrN2O6/c1-2-32-21(28)11-16-10-17-13-26(24(29)33-14-15-6-4-3-5-7-15)20-9-8-18(25)12-19(20)22(17)23(16)27(30)31/h3-9,12-13,16,22-23H,2,10-11,14H2,1H3/t16-,22+,23+/m1/s1. The first-order valence-electron chi connectivity index (χ1n) is 10.7. The highest BCUT2D eigenvalue weighted by molar-refractivity contribution is 9.10. The average molecular weight is 515 g/mol. The first-order chi connectivity index (χ1) is 15.9. The topological polar surface area (TPSA) is 99.0 Å². The highest BCUT2D eigenvalue weighted by Gasteiger charge is 2.52. The third-order valence-electron chi connectivity index (χ3n) is 5.98. The summed E-state index contributed by atoms with van der Waals surface area (Å²) in [5, 5.41) is 12.1. The van der Waals surface area contributed by atoms with Crippen LogP contribution in [0.3, 0.4) is 0 Å². The Kier molecular flexibility index (Phi) is 6.78. The lowest BCUT2D eigenvalue weighted by molar-refractivity contribution is -0.531. The Labute approximate surface area is 199 Å². The number of fused-ring (bicyclic) bond motifs is 3. The highest BCUT2D eigenvalue weighted by atomic mass is 79.9. The number of amides is 1. The van der Waals surface area contributed by atoms with Crippen LogP contribution in [-0.4, -0.2) is 29.6 Å². The Bertz CT molecular complexity index is 1100. The van der Waals surface area contributed by atoms with Gasteiger partial charge in [-0.3, -0.25) is 19.8 Å². The van der Waals surface area contributed by atoms with Crippen LogP contribution in [-0.2, 0) is 20.9 Å². The van der Waals surface area contributed by atoms with Gasteiger partial charge in [-0.05, 0) is 48.2 Å². The second kappa shape index (κ2) is 9.74. The molecule has 33 heavy (non-hydrogen) atoms. The van der Waals surface area contributed by atoms with Gasteiger partial charge in [-0.25, -0.2) is 4.79 Å². The Morgan fingerprint density at radius 2 is 1.94 bits per heavy atom. The Morgan fingerprint density at radius 1 is 1.18 bits per heavy atom. The van der Waals surface area contributed by atoms with Crippen molar-refractivity contribution >= 4 is 33.7 Å². The molecule has 2 aliphatic rings. The van der Waals surface area contributed by atoms with Crippen molar-refractivity contribution in [3.8, 4) is 0 Å². The van der Waals surface area contributed by atoms with E-state index in [4.69, 9.17) is 9.47 Å². The lowest BCUT2D eigenvalue weighted by atomic mass is 9.86. The van der Waals surface area contributed by atoms with Gasteiger partial charge >= 0.3 is 12.1 Å². The van der Waals surface area contributed by atoms with Crippen LogP contribution in [0.4, 0.5) is 10.5 Å². The van der Waals surface area contributed by atoms with Gasteiger partial charge in [0.25, 0.3) is 0 Å². The molecule has 1 saturated carbocycles. The van der Waals surface area contributed by atoms with Crippen LogP contribution in [0, 0.1) is 16.0 Å². The molecule has 4 rings (SSSR count). The van der Waals surface area contributed by atoms with Crippen molar-refractivity contribution in [2.75, 3.05) is 11.5 Å². The van der Waals surface area contributed by atoms with Crippen molar-refractivity contribution in [3.05, 3.63) is 86.0 Å². The van der Waals surface area contributed by atoms with Gasteiger partial charge in [0.1, 0.15) is 6.61 Å². The summed E-state index contributed by atoms with van der Waals surface area (Å²) < 4.78 is 11.3. The molecule has 0 bridgehead atoms. The largest absolute Gasteiger partial charge is 0.466 e. The summed E-state index contributed by atoms with van der Waals surface area (Å²) in [6.07, 6.45) is 1.34. The summed E-state index contributed by atoms with van der Waals surface area (Å²) in [4.78, 5) is 38.3. The number of ether oxygens (including phenoxy) is 2. The van der Waals surface area contributed by atoms with E-state index in [1.165, 1.54) is 4.90 Å². The summed E-state index contributed by atoms with van der Waals surface area (Å²) in [6, 6.07) is 13.7. The number of benzene rings is 2.